The highest BCUT2D eigenvalue weighted by molar-refractivity contribution is 5.38. The molecule has 0 aliphatic carbocycles. The van der Waals surface area contributed by atoms with Crippen LogP contribution in [0.25, 0.3) is 0 Å². The van der Waals surface area contributed by atoms with Crippen LogP contribution in [0.5, 0.6) is 0 Å². The number of rotatable bonds is 5. The van der Waals surface area contributed by atoms with E-state index in [0.717, 1.165) is 12.4 Å². The number of nitrogens with zero attached hydrogens (tertiary/aromatic N) is 4. The van der Waals surface area contributed by atoms with Crippen LogP contribution in [0.1, 0.15) is 19.5 Å². The Hall–Kier alpha value is -1.67. The zero-order chi connectivity index (χ0) is 12.0. The molecular weight excluding hydrogens is 204 g/mol. The Kier molecular flexibility index (Phi) is 4.67. The first-order valence-electron chi connectivity index (χ1n) is 5.16. The standard InChI is InChI=1S/C11H16N4O/c1-9(2)15(4-5-16-3)11-8-13-10(6-12)7-14-11/h7-9H,4-5H2,1-3H3. The number of anilines is 1. The molecule has 0 spiro atoms. The second-order valence-electron chi connectivity index (χ2n) is 3.65. The van der Waals surface area contributed by atoms with Gasteiger partial charge in [-0.25, -0.2) is 9.97 Å². The van der Waals surface area contributed by atoms with Crippen molar-refractivity contribution in [3.63, 3.8) is 0 Å². The molecule has 5 heteroatoms. The molecule has 1 aromatic rings. The van der Waals surface area contributed by atoms with E-state index in [1.54, 1.807) is 13.3 Å². The molecular formula is C11H16N4O. The first kappa shape index (κ1) is 12.4. The molecule has 16 heavy (non-hydrogen) atoms. The van der Waals surface area contributed by atoms with Crippen LogP contribution >= 0.6 is 0 Å². The minimum absolute atomic E-state index is 0.317. The molecule has 0 aliphatic heterocycles. The lowest BCUT2D eigenvalue weighted by molar-refractivity contribution is 0.203. The van der Waals surface area contributed by atoms with Gasteiger partial charge in [-0.1, -0.05) is 0 Å². The van der Waals surface area contributed by atoms with E-state index in [-0.39, 0.29) is 0 Å². The summed E-state index contributed by atoms with van der Waals surface area (Å²) >= 11 is 0. The third kappa shape index (κ3) is 3.17. The summed E-state index contributed by atoms with van der Waals surface area (Å²) in [5.41, 5.74) is 0.333. The molecule has 0 unspecified atom stereocenters. The van der Waals surface area contributed by atoms with E-state index in [2.05, 4.69) is 28.7 Å². The zero-order valence-electron chi connectivity index (χ0n) is 9.84. The van der Waals surface area contributed by atoms with Gasteiger partial charge in [0.15, 0.2) is 5.69 Å². The van der Waals surface area contributed by atoms with E-state index in [4.69, 9.17) is 10.00 Å². The van der Waals surface area contributed by atoms with Crippen molar-refractivity contribution in [1.82, 2.24) is 9.97 Å². The molecule has 0 saturated heterocycles. The fraction of sp³-hybridized carbons (Fsp3) is 0.545. The molecule has 0 N–H and O–H groups in total. The minimum atomic E-state index is 0.317. The predicted octanol–water partition coefficient (Wildman–Crippen LogP) is 1.21. The van der Waals surface area contributed by atoms with Crippen molar-refractivity contribution in [3.8, 4) is 6.07 Å². The van der Waals surface area contributed by atoms with E-state index < -0.39 is 0 Å². The largest absolute Gasteiger partial charge is 0.383 e. The van der Waals surface area contributed by atoms with Gasteiger partial charge in [0.25, 0.3) is 0 Å². The lowest BCUT2D eigenvalue weighted by Gasteiger charge is -2.27. The number of methoxy groups -OCH3 is 1. The highest BCUT2D eigenvalue weighted by Gasteiger charge is 2.11. The summed E-state index contributed by atoms with van der Waals surface area (Å²) in [6.07, 6.45) is 3.10. The predicted molar refractivity (Wildman–Crippen MR) is 61.1 cm³/mol. The monoisotopic (exact) mass is 220 g/mol. The lowest BCUT2D eigenvalue weighted by atomic mass is 10.3. The molecule has 1 aromatic heterocycles. The average Bonchev–Trinajstić information content (AvgIpc) is 2.30. The summed E-state index contributed by atoms with van der Waals surface area (Å²) in [6, 6.07) is 2.27. The van der Waals surface area contributed by atoms with Gasteiger partial charge in [0.2, 0.25) is 0 Å². The van der Waals surface area contributed by atoms with Gasteiger partial charge in [-0.2, -0.15) is 5.26 Å². The van der Waals surface area contributed by atoms with E-state index in [9.17, 15) is 0 Å². The molecule has 1 heterocycles. The van der Waals surface area contributed by atoms with Crippen molar-refractivity contribution in [2.24, 2.45) is 0 Å². The van der Waals surface area contributed by atoms with Gasteiger partial charge in [0.05, 0.1) is 19.0 Å². The number of hydrogen-bond donors (Lipinski definition) is 0. The van der Waals surface area contributed by atoms with Crippen LogP contribution in [0, 0.1) is 11.3 Å². The van der Waals surface area contributed by atoms with Gasteiger partial charge >= 0.3 is 0 Å². The lowest BCUT2D eigenvalue weighted by Crippen LogP contribution is -2.34. The van der Waals surface area contributed by atoms with Crippen LogP contribution in [-0.4, -0.2) is 36.3 Å². The van der Waals surface area contributed by atoms with Gasteiger partial charge in [-0.05, 0) is 13.8 Å². The molecule has 0 radical (unpaired) electrons. The molecule has 86 valence electrons. The van der Waals surface area contributed by atoms with Crippen molar-refractivity contribution in [1.29, 1.82) is 5.26 Å². The van der Waals surface area contributed by atoms with Crippen LogP contribution in [-0.2, 0) is 4.74 Å². The smallest absolute Gasteiger partial charge is 0.158 e. The maximum absolute atomic E-state index is 8.63. The second-order valence-corrected chi connectivity index (χ2v) is 3.65. The Balaban J connectivity index is 2.80. The molecule has 0 atom stereocenters. The number of nitriles is 1. The Labute approximate surface area is 95.7 Å². The Morgan fingerprint density at radius 2 is 2.19 bits per heavy atom. The minimum Gasteiger partial charge on any atom is -0.383 e. The molecule has 5 nitrogen and oxygen atoms in total. The molecule has 0 aromatic carbocycles. The summed E-state index contributed by atoms with van der Waals surface area (Å²) in [5.74, 6) is 0.769. The fourth-order valence-corrected chi connectivity index (χ4v) is 1.35. The summed E-state index contributed by atoms with van der Waals surface area (Å²) < 4.78 is 5.05. The molecule has 0 saturated carbocycles. The first-order valence-corrected chi connectivity index (χ1v) is 5.16. The Bertz CT molecular complexity index is 355. The van der Waals surface area contributed by atoms with E-state index in [1.165, 1.54) is 6.20 Å². The SMILES string of the molecule is COCCN(c1cnc(C#N)cn1)C(C)C. The number of hydrogen-bond acceptors (Lipinski definition) is 5. The second kappa shape index (κ2) is 6.03. The van der Waals surface area contributed by atoms with Crippen LogP contribution in [0.2, 0.25) is 0 Å². The Morgan fingerprint density at radius 3 is 2.62 bits per heavy atom. The van der Waals surface area contributed by atoms with Gasteiger partial charge in [-0.3, -0.25) is 0 Å². The fourth-order valence-electron chi connectivity index (χ4n) is 1.35. The van der Waals surface area contributed by atoms with Crippen molar-refractivity contribution in [2.75, 3.05) is 25.2 Å². The van der Waals surface area contributed by atoms with Gasteiger partial charge in [0.1, 0.15) is 11.9 Å². The molecule has 1 rings (SSSR count). The first-order chi connectivity index (χ1) is 7.69. The van der Waals surface area contributed by atoms with Crippen molar-refractivity contribution >= 4 is 5.82 Å². The number of aromatic nitrogens is 2. The van der Waals surface area contributed by atoms with Crippen LogP contribution in [0.3, 0.4) is 0 Å². The zero-order valence-corrected chi connectivity index (χ0v) is 9.84. The maximum Gasteiger partial charge on any atom is 0.158 e. The van der Waals surface area contributed by atoms with E-state index in [1.807, 2.05) is 6.07 Å². The van der Waals surface area contributed by atoms with E-state index in [0.29, 0.717) is 18.3 Å². The molecule has 0 amide bonds. The van der Waals surface area contributed by atoms with Gasteiger partial charge in [0, 0.05) is 19.7 Å². The van der Waals surface area contributed by atoms with Crippen molar-refractivity contribution in [2.45, 2.75) is 19.9 Å². The molecule has 0 aliphatic rings. The Morgan fingerprint density at radius 1 is 1.44 bits per heavy atom. The highest BCUT2D eigenvalue weighted by atomic mass is 16.5. The normalized spacial score (nSPS) is 10.2. The topological polar surface area (TPSA) is 62.0 Å². The highest BCUT2D eigenvalue weighted by Crippen LogP contribution is 2.12. The van der Waals surface area contributed by atoms with Crippen molar-refractivity contribution < 1.29 is 4.74 Å². The molecule has 0 bridgehead atoms. The third-order valence-corrected chi connectivity index (χ3v) is 2.21. The quantitative estimate of drug-likeness (QED) is 0.746. The summed E-state index contributed by atoms with van der Waals surface area (Å²) in [6.45, 7) is 5.56. The van der Waals surface area contributed by atoms with Crippen LogP contribution in [0.4, 0.5) is 5.82 Å². The summed E-state index contributed by atoms with van der Waals surface area (Å²) in [5, 5.41) is 8.63. The van der Waals surface area contributed by atoms with Gasteiger partial charge in [-0.15, -0.1) is 0 Å². The van der Waals surface area contributed by atoms with Crippen LogP contribution < -0.4 is 4.90 Å². The number of ether oxygens (including phenoxy) is 1. The van der Waals surface area contributed by atoms with E-state index >= 15 is 0 Å². The third-order valence-electron chi connectivity index (χ3n) is 2.21. The summed E-state index contributed by atoms with van der Waals surface area (Å²) in [4.78, 5) is 10.3. The molecule has 0 fully saturated rings. The van der Waals surface area contributed by atoms with Crippen molar-refractivity contribution in [3.05, 3.63) is 18.1 Å². The summed E-state index contributed by atoms with van der Waals surface area (Å²) in [7, 11) is 1.67. The van der Waals surface area contributed by atoms with Gasteiger partial charge < -0.3 is 9.64 Å². The maximum atomic E-state index is 8.63. The average molecular weight is 220 g/mol. The van der Waals surface area contributed by atoms with Crippen LogP contribution in [0.15, 0.2) is 12.4 Å².